The number of nitrogens with one attached hydrogen (secondary N) is 1. The predicted molar refractivity (Wildman–Crippen MR) is 115 cm³/mol. The van der Waals surface area contributed by atoms with Gasteiger partial charge in [0.25, 0.3) is 0 Å². The van der Waals surface area contributed by atoms with Crippen LogP contribution < -0.4 is 20.5 Å². The first kappa shape index (κ1) is 20.7. The Kier molecular flexibility index (Phi) is 7.88. The molecular formula is C17H24IN5O2S. The minimum Gasteiger partial charge on any atom is -0.490 e. The number of fused-ring (bicyclic) bond motifs is 1. The summed E-state index contributed by atoms with van der Waals surface area (Å²) in [6.45, 7) is 6.11. The van der Waals surface area contributed by atoms with Crippen LogP contribution in [0.1, 0.15) is 36.2 Å². The minimum absolute atomic E-state index is 0. The molecule has 0 fully saturated rings. The largest absolute Gasteiger partial charge is 0.490 e. The predicted octanol–water partition coefficient (Wildman–Crippen LogP) is 3.41. The monoisotopic (exact) mass is 489 g/mol. The number of guanidine groups is 1. The van der Waals surface area contributed by atoms with Gasteiger partial charge in [-0.3, -0.25) is 4.99 Å². The number of anilines is 1. The number of halogens is 1. The van der Waals surface area contributed by atoms with Gasteiger partial charge in [0.1, 0.15) is 10.0 Å². The summed E-state index contributed by atoms with van der Waals surface area (Å²) >= 11 is 1.63. The van der Waals surface area contributed by atoms with Crippen molar-refractivity contribution >= 4 is 47.0 Å². The molecule has 0 bridgehead atoms. The second-order valence-corrected chi connectivity index (χ2v) is 7.14. The number of nitrogens with two attached hydrogens (primary N) is 1. The molecule has 1 aliphatic rings. The van der Waals surface area contributed by atoms with Gasteiger partial charge in [-0.15, -0.1) is 45.5 Å². The summed E-state index contributed by atoms with van der Waals surface area (Å²) in [6.07, 6.45) is 1.61. The van der Waals surface area contributed by atoms with Crippen molar-refractivity contribution in [2.45, 2.75) is 32.6 Å². The Hall–Kier alpha value is -1.62. The summed E-state index contributed by atoms with van der Waals surface area (Å²) in [5.74, 6) is 2.25. The lowest BCUT2D eigenvalue weighted by Gasteiger charge is -2.10. The summed E-state index contributed by atoms with van der Waals surface area (Å²) in [5.41, 5.74) is 6.79. The fraction of sp³-hybridized carbons (Fsp3) is 0.471. The van der Waals surface area contributed by atoms with Gasteiger partial charge in [-0.25, -0.2) is 0 Å². The standard InChI is InChI=1S/C17H23N5O2S.HI/c1-11(2)16-22-21-15(25-16)6-7-19-17(18)20-12-4-5-13-14(10-12)24-9-3-8-23-13;/h4-5,10-11H,3,6-9H2,1-2H3,(H3,18,19,20);1H. The van der Waals surface area contributed by atoms with E-state index in [1.165, 1.54) is 0 Å². The molecule has 7 nitrogen and oxygen atoms in total. The maximum atomic E-state index is 5.96. The molecule has 0 atom stereocenters. The third-order valence-corrected chi connectivity index (χ3v) is 4.89. The van der Waals surface area contributed by atoms with Crippen LogP contribution in [0.3, 0.4) is 0 Å². The molecule has 142 valence electrons. The molecule has 3 N–H and O–H groups in total. The van der Waals surface area contributed by atoms with Crippen molar-refractivity contribution < 1.29 is 9.47 Å². The van der Waals surface area contributed by atoms with Crippen molar-refractivity contribution in [3.63, 3.8) is 0 Å². The van der Waals surface area contributed by atoms with E-state index in [0.717, 1.165) is 40.0 Å². The average Bonchev–Trinajstić information content (AvgIpc) is 2.93. The van der Waals surface area contributed by atoms with Crippen LogP contribution in [0.4, 0.5) is 5.69 Å². The smallest absolute Gasteiger partial charge is 0.193 e. The maximum Gasteiger partial charge on any atom is 0.193 e. The van der Waals surface area contributed by atoms with E-state index >= 15 is 0 Å². The highest BCUT2D eigenvalue weighted by molar-refractivity contribution is 14.0. The fourth-order valence-electron chi connectivity index (χ4n) is 2.30. The van der Waals surface area contributed by atoms with E-state index in [9.17, 15) is 0 Å². The molecule has 1 aromatic heterocycles. The van der Waals surface area contributed by atoms with E-state index in [1.807, 2.05) is 18.2 Å². The van der Waals surface area contributed by atoms with Gasteiger partial charge in [0.15, 0.2) is 17.5 Å². The number of hydrogen-bond donors (Lipinski definition) is 2. The zero-order valence-corrected chi connectivity index (χ0v) is 18.0. The lowest BCUT2D eigenvalue weighted by atomic mass is 10.2. The molecule has 0 unspecified atom stereocenters. The van der Waals surface area contributed by atoms with Crippen molar-refractivity contribution in [1.82, 2.24) is 10.2 Å². The Labute approximate surface area is 174 Å². The molecule has 2 aromatic rings. The second kappa shape index (κ2) is 9.91. The molecule has 1 aliphatic heterocycles. The lowest BCUT2D eigenvalue weighted by Crippen LogP contribution is -2.23. The van der Waals surface area contributed by atoms with Crippen molar-refractivity contribution in [3.8, 4) is 11.5 Å². The molecule has 0 saturated heterocycles. The van der Waals surface area contributed by atoms with Gasteiger partial charge in [-0.1, -0.05) is 13.8 Å². The highest BCUT2D eigenvalue weighted by Crippen LogP contribution is 2.32. The van der Waals surface area contributed by atoms with Gasteiger partial charge in [0.2, 0.25) is 0 Å². The molecule has 0 aliphatic carbocycles. The van der Waals surface area contributed by atoms with E-state index in [4.69, 9.17) is 15.2 Å². The van der Waals surface area contributed by atoms with Gasteiger partial charge in [0, 0.05) is 37.1 Å². The molecule has 26 heavy (non-hydrogen) atoms. The molecule has 0 spiro atoms. The first-order valence-corrected chi connectivity index (χ1v) is 9.22. The minimum atomic E-state index is 0. The van der Waals surface area contributed by atoms with Gasteiger partial charge >= 0.3 is 0 Å². The van der Waals surface area contributed by atoms with Crippen LogP contribution in [0.25, 0.3) is 0 Å². The van der Waals surface area contributed by atoms with Crippen molar-refractivity contribution in [3.05, 3.63) is 28.2 Å². The Morgan fingerprint density at radius 1 is 1.27 bits per heavy atom. The molecule has 0 amide bonds. The summed E-state index contributed by atoms with van der Waals surface area (Å²) in [6, 6.07) is 5.66. The summed E-state index contributed by atoms with van der Waals surface area (Å²) < 4.78 is 11.3. The van der Waals surface area contributed by atoms with Crippen LogP contribution in [0.15, 0.2) is 23.2 Å². The van der Waals surface area contributed by atoms with Crippen molar-refractivity contribution in [2.24, 2.45) is 10.7 Å². The van der Waals surface area contributed by atoms with Crippen LogP contribution in [-0.2, 0) is 6.42 Å². The molecule has 3 rings (SSSR count). The van der Waals surface area contributed by atoms with E-state index < -0.39 is 0 Å². The molecule has 0 saturated carbocycles. The lowest BCUT2D eigenvalue weighted by molar-refractivity contribution is 0.297. The number of aliphatic imine (C=N–C) groups is 1. The van der Waals surface area contributed by atoms with Crippen molar-refractivity contribution in [1.29, 1.82) is 0 Å². The summed E-state index contributed by atoms with van der Waals surface area (Å²) in [5, 5.41) is 13.5. The van der Waals surface area contributed by atoms with Crippen LogP contribution >= 0.6 is 35.3 Å². The normalized spacial score (nSPS) is 13.9. The van der Waals surface area contributed by atoms with Gasteiger partial charge in [-0.05, 0) is 12.1 Å². The molecule has 9 heteroatoms. The topological polar surface area (TPSA) is 94.7 Å². The van der Waals surface area contributed by atoms with E-state index in [1.54, 1.807) is 11.3 Å². The Balaban J connectivity index is 0.00000243. The summed E-state index contributed by atoms with van der Waals surface area (Å²) in [7, 11) is 0. The van der Waals surface area contributed by atoms with Crippen molar-refractivity contribution in [2.75, 3.05) is 25.1 Å². The molecule has 2 heterocycles. The number of aromatic nitrogens is 2. The van der Waals surface area contributed by atoms with Gasteiger partial charge in [0.05, 0.1) is 13.2 Å². The van der Waals surface area contributed by atoms with Crippen LogP contribution in [0.2, 0.25) is 0 Å². The maximum absolute atomic E-state index is 5.96. The Morgan fingerprint density at radius 3 is 2.77 bits per heavy atom. The SMILES string of the molecule is CC(C)c1nnc(CCN=C(N)Nc2ccc3c(c2)OCCCO3)s1.I. The number of benzene rings is 1. The first-order chi connectivity index (χ1) is 12.1. The Morgan fingerprint density at radius 2 is 2.04 bits per heavy atom. The number of rotatable bonds is 5. The quantitative estimate of drug-likeness (QED) is 0.380. The zero-order valence-electron chi connectivity index (χ0n) is 14.9. The zero-order chi connectivity index (χ0) is 17.6. The average molecular weight is 489 g/mol. The third kappa shape index (κ3) is 5.70. The third-order valence-electron chi connectivity index (χ3n) is 3.60. The van der Waals surface area contributed by atoms with E-state index in [2.05, 4.69) is 34.4 Å². The summed E-state index contributed by atoms with van der Waals surface area (Å²) in [4.78, 5) is 4.35. The highest BCUT2D eigenvalue weighted by atomic mass is 127. The van der Waals surface area contributed by atoms with E-state index in [0.29, 0.717) is 31.6 Å². The molecule has 0 radical (unpaired) electrons. The molecular weight excluding hydrogens is 465 g/mol. The van der Waals surface area contributed by atoms with Crippen LogP contribution in [0, 0.1) is 0 Å². The highest BCUT2D eigenvalue weighted by Gasteiger charge is 2.11. The number of ether oxygens (including phenoxy) is 2. The first-order valence-electron chi connectivity index (χ1n) is 8.40. The number of nitrogens with zero attached hydrogens (tertiary/aromatic N) is 3. The second-order valence-electron chi connectivity index (χ2n) is 6.04. The van der Waals surface area contributed by atoms with E-state index in [-0.39, 0.29) is 24.0 Å². The van der Waals surface area contributed by atoms with Crippen LogP contribution in [-0.4, -0.2) is 35.9 Å². The van der Waals surface area contributed by atoms with Gasteiger partial charge in [-0.2, -0.15) is 0 Å². The van der Waals surface area contributed by atoms with Gasteiger partial charge < -0.3 is 20.5 Å². The molecule has 1 aromatic carbocycles. The fourth-order valence-corrected chi connectivity index (χ4v) is 3.14. The van der Waals surface area contributed by atoms with Crippen LogP contribution in [0.5, 0.6) is 11.5 Å². The Bertz CT molecular complexity index is 751. The number of hydrogen-bond acceptors (Lipinski definition) is 6.